The summed E-state index contributed by atoms with van der Waals surface area (Å²) in [5.74, 6) is -1.19. The number of hydrogen-bond acceptors (Lipinski definition) is 7. The fourth-order valence-corrected chi connectivity index (χ4v) is 5.60. The van der Waals surface area contributed by atoms with Crippen LogP contribution in [0.4, 0.5) is 27.3 Å². The van der Waals surface area contributed by atoms with Crippen LogP contribution in [0.3, 0.4) is 0 Å². The van der Waals surface area contributed by atoms with Gasteiger partial charge in [-0.3, -0.25) is 14.4 Å². The number of benzene rings is 3. The van der Waals surface area contributed by atoms with E-state index in [0.29, 0.717) is 43.1 Å². The first kappa shape index (κ1) is 30.0. The van der Waals surface area contributed by atoms with Gasteiger partial charge in [-0.1, -0.05) is 6.07 Å². The average Bonchev–Trinajstić information content (AvgIpc) is 3.08. The highest BCUT2D eigenvalue weighted by atomic mass is 19.1. The zero-order valence-corrected chi connectivity index (χ0v) is 25.1. The summed E-state index contributed by atoms with van der Waals surface area (Å²) in [4.78, 5) is 47.2. The van der Waals surface area contributed by atoms with Crippen LogP contribution in [0.15, 0.2) is 77.7 Å². The normalized spacial score (nSPS) is 15.1. The third-order valence-electron chi connectivity index (χ3n) is 8.14. The molecule has 2 fully saturated rings. The molecular formula is C34H35FN6O4. The van der Waals surface area contributed by atoms with E-state index in [1.54, 1.807) is 60.5 Å². The molecule has 0 radical (unpaired) electrons. The lowest BCUT2D eigenvalue weighted by atomic mass is 10.1. The van der Waals surface area contributed by atoms with E-state index in [4.69, 9.17) is 4.74 Å². The molecule has 3 heterocycles. The topological polar surface area (TPSA) is 109 Å². The van der Waals surface area contributed by atoms with Crippen molar-refractivity contribution in [1.82, 2.24) is 14.5 Å². The summed E-state index contributed by atoms with van der Waals surface area (Å²) in [7, 11) is 1.56. The van der Waals surface area contributed by atoms with Crippen molar-refractivity contribution in [2.75, 3.05) is 54.9 Å². The number of morpholine rings is 1. The highest BCUT2D eigenvalue weighted by molar-refractivity contribution is 6.04. The molecule has 0 bridgehead atoms. The minimum absolute atomic E-state index is 0.00305. The molecule has 0 saturated carbocycles. The number of halogens is 1. The summed E-state index contributed by atoms with van der Waals surface area (Å²) in [6.07, 6.45) is 5.00. The number of anilines is 4. The van der Waals surface area contributed by atoms with E-state index < -0.39 is 17.3 Å². The lowest BCUT2D eigenvalue weighted by Crippen LogP contribution is -2.40. The number of carbonyl (C=O) groups excluding carboxylic acids is 2. The molecule has 10 nitrogen and oxygen atoms in total. The fourth-order valence-electron chi connectivity index (χ4n) is 5.60. The number of rotatable bonds is 7. The average molecular weight is 611 g/mol. The Morgan fingerprint density at radius 3 is 2.27 bits per heavy atom. The quantitative estimate of drug-likeness (QED) is 0.302. The highest BCUT2D eigenvalue weighted by Gasteiger charge is 2.20. The van der Waals surface area contributed by atoms with Gasteiger partial charge in [0.15, 0.2) is 11.6 Å². The van der Waals surface area contributed by atoms with Crippen LogP contribution in [0.25, 0.3) is 11.3 Å². The molecule has 0 spiro atoms. The highest BCUT2D eigenvalue weighted by Crippen LogP contribution is 2.28. The Morgan fingerprint density at radius 1 is 0.867 bits per heavy atom. The lowest BCUT2D eigenvalue weighted by Gasteiger charge is -2.28. The molecule has 232 valence electrons. The number of nitrogens with one attached hydrogen (secondary N) is 2. The second-order valence-corrected chi connectivity index (χ2v) is 11.2. The molecular weight excluding hydrogens is 575 g/mol. The van der Waals surface area contributed by atoms with Crippen LogP contribution in [0, 0.1) is 5.82 Å². The first-order valence-electron chi connectivity index (χ1n) is 15.1. The number of aromatic nitrogens is 2. The van der Waals surface area contributed by atoms with Crippen molar-refractivity contribution < 1.29 is 18.7 Å². The zero-order valence-electron chi connectivity index (χ0n) is 25.1. The van der Waals surface area contributed by atoms with Crippen molar-refractivity contribution >= 4 is 34.7 Å². The standard InChI is InChI=1S/C34H35FN6O4/c1-39-22-29(37-31(34(39)44)36-25-12-8-24(9-13-25)33(43)41-18-20-45-21-19-41)27-6-5-7-28(30(27)35)38-32(42)23-10-14-26(15-11-23)40-16-3-2-4-17-40/h5-15,22H,2-4,16-21H2,1H3,(H,36,37)(H,38,42). The largest absolute Gasteiger partial charge is 0.378 e. The monoisotopic (exact) mass is 610 g/mol. The van der Waals surface area contributed by atoms with Crippen molar-refractivity contribution in [3.8, 4) is 11.3 Å². The van der Waals surface area contributed by atoms with Gasteiger partial charge in [0.25, 0.3) is 17.4 Å². The zero-order chi connectivity index (χ0) is 31.3. The van der Waals surface area contributed by atoms with Gasteiger partial charge in [-0.2, -0.15) is 0 Å². The van der Waals surface area contributed by atoms with E-state index in [-0.39, 0.29) is 28.7 Å². The van der Waals surface area contributed by atoms with Crippen molar-refractivity contribution in [3.63, 3.8) is 0 Å². The van der Waals surface area contributed by atoms with Gasteiger partial charge in [0.2, 0.25) is 0 Å². The van der Waals surface area contributed by atoms with Crippen molar-refractivity contribution in [2.24, 2.45) is 7.05 Å². The third-order valence-corrected chi connectivity index (χ3v) is 8.14. The van der Waals surface area contributed by atoms with Crippen LogP contribution in [0.1, 0.15) is 40.0 Å². The number of piperidine rings is 1. The predicted molar refractivity (Wildman–Crippen MR) is 172 cm³/mol. The number of carbonyl (C=O) groups is 2. The van der Waals surface area contributed by atoms with Gasteiger partial charge >= 0.3 is 0 Å². The van der Waals surface area contributed by atoms with Gasteiger partial charge in [0.1, 0.15) is 0 Å². The summed E-state index contributed by atoms with van der Waals surface area (Å²) < 4.78 is 22.4. The Labute approximate surface area is 260 Å². The van der Waals surface area contributed by atoms with E-state index >= 15 is 4.39 Å². The van der Waals surface area contributed by atoms with Crippen LogP contribution in [-0.2, 0) is 11.8 Å². The molecule has 0 aliphatic carbocycles. The van der Waals surface area contributed by atoms with E-state index in [0.717, 1.165) is 31.6 Å². The van der Waals surface area contributed by atoms with Gasteiger partial charge in [-0.05, 0) is 79.9 Å². The van der Waals surface area contributed by atoms with E-state index in [1.165, 1.54) is 23.3 Å². The Hall–Kier alpha value is -5.03. The molecule has 4 aromatic rings. The first-order valence-corrected chi connectivity index (χ1v) is 15.1. The smallest absolute Gasteiger partial charge is 0.293 e. The Balaban J connectivity index is 1.18. The van der Waals surface area contributed by atoms with E-state index in [9.17, 15) is 14.4 Å². The summed E-state index contributed by atoms with van der Waals surface area (Å²) >= 11 is 0. The molecule has 0 atom stereocenters. The molecule has 3 aromatic carbocycles. The molecule has 2 aliphatic heterocycles. The van der Waals surface area contributed by atoms with Gasteiger partial charge < -0.3 is 29.7 Å². The number of amides is 2. The van der Waals surface area contributed by atoms with Crippen molar-refractivity contribution in [3.05, 3.63) is 100 Å². The summed E-state index contributed by atoms with van der Waals surface area (Å²) in [6, 6.07) is 18.7. The molecule has 45 heavy (non-hydrogen) atoms. The molecule has 2 saturated heterocycles. The third kappa shape index (κ3) is 6.73. The Morgan fingerprint density at radius 2 is 1.56 bits per heavy atom. The number of hydrogen-bond donors (Lipinski definition) is 2. The molecule has 2 amide bonds. The number of ether oxygens (including phenoxy) is 1. The lowest BCUT2D eigenvalue weighted by molar-refractivity contribution is 0.0303. The van der Waals surface area contributed by atoms with Gasteiger partial charge in [0, 0.05) is 67.5 Å². The molecule has 1 aromatic heterocycles. The molecule has 2 N–H and O–H groups in total. The Bertz CT molecular complexity index is 1740. The maximum Gasteiger partial charge on any atom is 0.293 e. The van der Waals surface area contributed by atoms with Gasteiger partial charge in [0.05, 0.1) is 24.6 Å². The van der Waals surface area contributed by atoms with Crippen LogP contribution < -0.4 is 21.1 Å². The molecule has 0 unspecified atom stereocenters. The second-order valence-electron chi connectivity index (χ2n) is 11.2. The van der Waals surface area contributed by atoms with Crippen LogP contribution in [-0.4, -0.2) is 65.7 Å². The molecule has 2 aliphatic rings. The number of aryl methyl sites for hydroxylation is 1. The minimum Gasteiger partial charge on any atom is -0.378 e. The van der Waals surface area contributed by atoms with Crippen LogP contribution >= 0.6 is 0 Å². The molecule has 6 rings (SSSR count). The first-order chi connectivity index (χ1) is 21.9. The van der Waals surface area contributed by atoms with Gasteiger partial charge in [-0.25, -0.2) is 9.37 Å². The SMILES string of the molecule is Cn1cc(-c2cccc(NC(=O)c3ccc(N4CCCCC4)cc3)c2F)nc(Nc2ccc(C(=O)N3CCOCC3)cc2)c1=O. The predicted octanol–water partition coefficient (Wildman–Crippen LogP) is 5.05. The maximum absolute atomic E-state index is 15.8. The number of nitrogens with zero attached hydrogens (tertiary/aromatic N) is 4. The maximum atomic E-state index is 15.8. The van der Waals surface area contributed by atoms with E-state index in [1.807, 2.05) is 12.1 Å². The fraction of sp³-hybridized carbons (Fsp3) is 0.294. The van der Waals surface area contributed by atoms with E-state index in [2.05, 4.69) is 20.5 Å². The van der Waals surface area contributed by atoms with Crippen molar-refractivity contribution in [2.45, 2.75) is 19.3 Å². The summed E-state index contributed by atoms with van der Waals surface area (Å²) in [5.41, 5.74) is 2.48. The summed E-state index contributed by atoms with van der Waals surface area (Å²) in [6.45, 7) is 4.11. The van der Waals surface area contributed by atoms with Gasteiger partial charge in [-0.15, -0.1) is 0 Å². The second kappa shape index (κ2) is 13.3. The molecule has 11 heteroatoms. The summed E-state index contributed by atoms with van der Waals surface area (Å²) in [5, 5.41) is 5.68. The Kier molecular flexibility index (Phi) is 8.88. The van der Waals surface area contributed by atoms with Crippen molar-refractivity contribution in [1.29, 1.82) is 0 Å². The minimum atomic E-state index is -0.668. The van der Waals surface area contributed by atoms with Crippen LogP contribution in [0.2, 0.25) is 0 Å². The van der Waals surface area contributed by atoms with Crippen LogP contribution in [0.5, 0.6) is 0 Å².